The van der Waals surface area contributed by atoms with Crippen LogP contribution in [0.2, 0.25) is 0 Å². The van der Waals surface area contributed by atoms with Crippen LogP contribution in [0.1, 0.15) is 25.5 Å². The Bertz CT molecular complexity index is 471. The highest BCUT2D eigenvalue weighted by atomic mass is 32.2. The van der Waals surface area contributed by atoms with Crippen molar-refractivity contribution in [3.63, 3.8) is 0 Å². The third kappa shape index (κ3) is 6.56. The maximum Gasteiger partial charge on any atom is 0.208 e. The van der Waals surface area contributed by atoms with Crippen molar-refractivity contribution < 1.29 is 13.2 Å². The number of sulfonamides is 1. The van der Waals surface area contributed by atoms with Crippen LogP contribution in [0, 0.1) is 0 Å². The first-order valence-corrected chi connectivity index (χ1v) is 8.22. The average molecular weight is 286 g/mol. The molecule has 5 nitrogen and oxygen atoms in total. The van der Waals surface area contributed by atoms with Gasteiger partial charge in [-0.25, -0.2) is 13.1 Å². The molecule has 0 saturated carbocycles. The van der Waals surface area contributed by atoms with Gasteiger partial charge >= 0.3 is 0 Å². The quantitative estimate of drug-likeness (QED) is 0.707. The number of ether oxygens (including phenoxy) is 1. The first-order chi connectivity index (χ1) is 8.92. The van der Waals surface area contributed by atoms with Crippen molar-refractivity contribution in [1.82, 2.24) is 10.0 Å². The van der Waals surface area contributed by atoms with E-state index in [4.69, 9.17) is 4.74 Å². The third-order valence-corrected chi connectivity index (χ3v) is 3.36. The minimum Gasteiger partial charge on any atom is -0.494 e. The van der Waals surface area contributed by atoms with Crippen LogP contribution >= 0.6 is 0 Å². The van der Waals surface area contributed by atoms with Gasteiger partial charge in [0.25, 0.3) is 0 Å². The Kier molecular flexibility index (Phi) is 6.27. The molecule has 0 aliphatic heterocycles. The van der Waals surface area contributed by atoms with Gasteiger partial charge in [0.05, 0.1) is 12.9 Å². The Morgan fingerprint density at radius 2 is 1.84 bits per heavy atom. The number of hydrogen-bond acceptors (Lipinski definition) is 4. The lowest BCUT2D eigenvalue weighted by atomic mass is 10.1. The average Bonchev–Trinajstić information content (AvgIpc) is 2.34. The molecule has 0 fully saturated rings. The monoisotopic (exact) mass is 286 g/mol. The van der Waals surface area contributed by atoms with Gasteiger partial charge in [-0.15, -0.1) is 0 Å². The molecule has 2 N–H and O–H groups in total. The highest BCUT2D eigenvalue weighted by molar-refractivity contribution is 7.88. The zero-order valence-electron chi connectivity index (χ0n) is 11.6. The van der Waals surface area contributed by atoms with Crippen molar-refractivity contribution in [1.29, 1.82) is 0 Å². The fraction of sp³-hybridized carbons (Fsp3) is 0.538. The molecule has 108 valence electrons. The van der Waals surface area contributed by atoms with Gasteiger partial charge in [0, 0.05) is 19.1 Å². The summed E-state index contributed by atoms with van der Waals surface area (Å²) >= 11 is 0. The Hall–Kier alpha value is -1.11. The van der Waals surface area contributed by atoms with E-state index >= 15 is 0 Å². The minimum atomic E-state index is -3.11. The molecule has 0 amide bonds. The number of rotatable bonds is 8. The van der Waals surface area contributed by atoms with Crippen molar-refractivity contribution in [2.24, 2.45) is 0 Å². The van der Waals surface area contributed by atoms with Gasteiger partial charge in [0.2, 0.25) is 10.0 Å². The molecule has 0 aliphatic carbocycles. The number of nitrogens with one attached hydrogen (secondary N) is 2. The Balaban J connectivity index is 2.38. The van der Waals surface area contributed by atoms with Gasteiger partial charge in [-0.2, -0.15) is 0 Å². The Morgan fingerprint density at radius 3 is 2.37 bits per heavy atom. The SMILES string of the molecule is CCOc1ccc(C(C)NCCNS(C)(=O)=O)cc1. The lowest BCUT2D eigenvalue weighted by molar-refractivity contribution is 0.340. The summed E-state index contributed by atoms with van der Waals surface area (Å²) in [4.78, 5) is 0. The predicted molar refractivity (Wildman–Crippen MR) is 76.9 cm³/mol. The van der Waals surface area contributed by atoms with Gasteiger partial charge in [0.1, 0.15) is 5.75 Å². The molecule has 1 unspecified atom stereocenters. The summed E-state index contributed by atoms with van der Waals surface area (Å²) < 4.78 is 29.6. The Labute approximate surface area is 115 Å². The predicted octanol–water partition coefficient (Wildman–Crippen LogP) is 1.29. The van der Waals surface area contributed by atoms with Crippen LogP contribution in [0.5, 0.6) is 5.75 Å². The normalized spacial score (nSPS) is 13.2. The number of benzene rings is 1. The summed E-state index contributed by atoms with van der Waals surface area (Å²) in [6.45, 7) is 5.62. The summed E-state index contributed by atoms with van der Waals surface area (Å²) in [6.07, 6.45) is 1.16. The van der Waals surface area contributed by atoms with Crippen molar-refractivity contribution >= 4 is 10.0 Å². The van der Waals surface area contributed by atoms with Crippen LogP contribution in [0.3, 0.4) is 0 Å². The van der Waals surface area contributed by atoms with Crippen LogP contribution in [0.4, 0.5) is 0 Å². The van der Waals surface area contributed by atoms with E-state index in [2.05, 4.69) is 10.0 Å². The first kappa shape index (κ1) is 15.9. The smallest absolute Gasteiger partial charge is 0.208 e. The summed E-state index contributed by atoms with van der Waals surface area (Å²) in [7, 11) is -3.11. The van der Waals surface area contributed by atoms with Gasteiger partial charge in [0.15, 0.2) is 0 Å². The minimum absolute atomic E-state index is 0.164. The molecule has 1 rings (SSSR count). The van der Waals surface area contributed by atoms with Crippen molar-refractivity contribution in [2.75, 3.05) is 26.0 Å². The van der Waals surface area contributed by atoms with E-state index in [-0.39, 0.29) is 6.04 Å². The highest BCUT2D eigenvalue weighted by Crippen LogP contribution is 2.17. The maximum absolute atomic E-state index is 10.9. The van der Waals surface area contributed by atoms with Crippen molar-refractivity contribution in [2.45, 2.75) is 19.9 Å². The molecule has 0 bridgehead atoms. The third-order valence-electron chi connectivity index (χ3n) is 2.63. The van der Waals surface area contributed by atoms with Crippen molar-refractivity contribution in [3.8, 4) is 5.75 Å². The second-order valence-corrected chi connectivity index (χ2v) is 6.18. The van der Waals surface area contributed by atoms with Crippen LogP contribution in [-0.4, -0.2) is 34.4 Å². The summed E-state index contributed by atoms with van der Waals surface area (Å²) in [5, 5.41) is 3.26. The molecular weight excluding hydrogens is 264 g/mol. The highest BCUT2D eigenvalue weighted by Gasteiger charge is 2.05. The fourth-order valence-corrected chi connectivity index (χ4v) is 2.14. The first-order valence-electron chi connectivity index (χ1n) is 6.33. The van der Waals surface area contributed by atoms with E-state index in [0.717, 1.165) is 17.6 Å². The topological polar surface area (TPSA) is 67.4 Å². The number of hydrogen-bond donors (Lipinski definition) is 2. The molecule has 0 heterocycles. The van der Waals surface area contributed by atoms with Gasteiger partial charge in [-0.05, 0) is 31.5 Å². The zero-order chi connectivity index (χ0) is 14.3. The van der Waals surface area contributed by atoms with Crippen molar-refractivity contribution in [3.05, 3.63) is 29.8 Å². The lowest BCUT2D eigenvalue weighted by Crippen LogP contribution is -2.32. The fourth-order valence-electron chi connectivity index (χ4n) is 1.66. The summed E-state index contributed by atoms with van der Waals surface area (Å²) in [6, 6.07) is 8.05. The summed E-state index contributed by atoms with van der Waals surface area (Å²) in [5.41, 5.74) is 1.14. The lowest BCUT2D eigenvalue weighted by Gasteiger charge is -2.15. The molecule has 0 aliphatic rings. The summed E-state index contributed by atoms with van der Waals surface area (Å²) in [5.74, 6) is 0.859. The van der Waals surface area contributed by atoms with Crippen LogP contribution < -0.4 is 14.8 Å². The molecule has 1 aromatic carbocycles. The van der Waals surface area contributed by atoms with Crippen LogP contribution in [-0.2, 0) is 10.0 Å². The maximum atomic E-state index is 10.9. The second kappa shape index (κ2) is 7.47. The molecule has 6 heteroatoms. The zero-order valence-corrected chi connectivity index (χ0v) is 12.5. The standard InChI is InChI=1S/C13H22N2O3S/c1-4-18-13-7-5-12(6-8-13)11(2)14-9-10-15-19(3,16)17/h5-8,11,14-15H,4,9-10H2,1-3H3. The van der Waals surface area contributed by atoms with E-state index < -0.39 is 10.0 Å². The molecule has 0 saturated heterocycles. The molecule has 1 aromatic rings. The van der Waals surface area contributed by atoms with E-state index in [1.807, 2.05) is 38.1 Å². The molecule has 19 heavy (non-hydrogen) atoms. The molecule has 0 spiro atoms. The molecule has 0 radical (unpaired) electrons. The second-order valence-electron chi connectivity index (χ2n) is 4.34. The molecular formula is C13H22N2O3S. The van der Waals surface area contributed by atoms with Gasteiger partial charge in [-0.3, -0.25) is 0 Å². The van der Waals surface area contributed by atoms with E-state index in [9.17, 15) is 8.42 Å². The van der Waals surface area contributed by atoms with Gasteiger partial charge in [-0.1, -0.05) is 12.1 Å². The van der Waals surface area contributed by atoms with Crippen LogP contribution in [0.25, 0.3) is 0 Å². The van der Waals surface area contributed by atoms with Gasteiger partial charge < -0.3 is 10.1 Å². The Morgan fingerprint density at radius 1 is 1.21 bits per heavy atom. The van der Waals surface area contributed by atoms with E-state index in [1.165, 1.54) is 0 Å². The van der Waals surface area contributed by atoms with Crippen LogP contribution in [0.15, 0.2) is 24.3 Å². The molecule has 1 atom stereocenters. The largest absolute Gasteiger partial charge is 0.494 e. The molecule has 0 aromatic heterocycles. The van der Waals surface area contributed by atoms with E-state index in [1.54, 1.807) is 0 Å². The van der Waals surface area contributed by atoms with E-state index in [0.29, 0.717) is 19.7 Å².